The zero-order chi connectivity index (χ0) is 20.4. The summed E-state index contributed by atoms with van der Waals surface area (Å²) in [4.78, 5) is 26.4. The Labute approximate surface area is 175 Å². The largest absolute Gasteiger partial charge is 0.469 e. The third-order valence-corrected chi connectivity index (χ3v) is 6.90. The highest BCUT2D eigenvalue weighted by Gasteiger charge is 2.25. The lowest BCUT2D eigenvalue weighted by molar-refractivity contribution is -0.140. The summed E-state index contributed by atoms with van der Waals surface area (Å²) in [7, 11) is 1.43. The van der Waals surface area contributed by atoms with Crippen LogP contribution in [-0.4, -0.2) is 60.3 Å². The Bertz CT molecular complexity index is 878. The molecule has 0 aromatic carbocycles. The van der Waals surface area contributed by atoms with E-state index in [1.807, 2.05) is 18.3 Å². The monoisotopic (exact) mass is 418 g/mol. The number of thiophene rings is 1. The topological polar surface area (TPSA) is 76.6 Å². The van der Waals surface area contributed by atoms with Gasteiger partial charge in [0.05, 0.1) is 38.7 Å². The van der Waals surface area contributed by atoms with Crippen molar-refractivity contribution >= 4 is 33.3 Å². The number of morpholine rings is 1. The highest BCUT2D eigenvalue weighted by atomic mass is 32.1. The number of carbonyl (C=O) groups is 1. The molecule has 0 spiro atoms. The number of rotatable bonds is 6. The van der Waals surface area contributed by atoms with E-state index in [1.165, 1.54) is 24.0 Å². The third-order valence-electron chi connectivity index (χ3n) is 5.75. The van der Waals surface area contributed by atoms with Crippen molar-refractivity contribution in [2.24, 2.45) is 5.92 Å². The third kappa shape index (κ3) is 4.70. The maximum atomic E-state index is 11.7. The van der Waals surface area contributed by atoms with Crippen LogP contribution in [-0.2, 0) is 33.7 Å². The second-order valence-electron chi connectivity index (χ2n) is 8.23. The fraction of sp³-hybridized carbons (Fsp3) is 0.667. The predicted octanol–water partition coefficient (Wildman–Crippen LogP) is 3.01. The van der Waals surface area contributed by atoms with Crippen LogP contribution in [0.15, 0.2) is 0 Å². The summed E-state index contributed by atoms with van der Waals surface area (Å²) in [5.41, 5.74) is 1.40. The van der Waals surface area contributed by atoms with Crippen LogP contribution in [0.1, 0.15) is 43.0 Å². The molecule has 0 radical (unpaired) electrons. The van der Waals surface area contributed by atoms with Crippen molar-refractivity contribution < 1.29 is 14.3 Å². The fourth-order valence-electron chi connectivity index (χ4n) is 4.14. The van der Waals surface area contributed by atoms with Gasteiger partial charge in [-0.25, -0.2) is 9.97 Å². The molecule has 1 aliphatic heterocycles. The molecule has 0 bridgehead atoms. The van der Waals surface area contributed by atoms with E-state index in [-0.39, 0.29) is 12.0 Å². The minimum Gasteiger partial charge on any atom is -0.469 e. The average molecular weight is 419 g/mol. The van der Waals surface area contributed by atoms with Crippen molar-refractivity contribution in [3.05, 3.63) is 16.3 Å². The van der Waals surface area contributed by atoms with Crippen LogP contribution in [0.5, 0.6) is 0 Å². The number of nitrogens with zero attached hydrogens (tertiary/aromatic N) is 3. The Kier molecular flexibility index (Phi) is 6.32. The second kappa shape index (κ2) is 8.93. The summed E-state index contributed by atoms with van der Waals surface area (Å²) >= 11 is 1.81. The summed E-state index contributed by atoms with van der Waals surface area (Å²) in [6.45, 7) is 8.36. The minimum absolute atomic E-state index is 0.0603. The van der Waals surface area contributed by atoms with Crippen LogP contribution in [0.3, 0.4) is 0 Å². The van der Waals surface area contributed by atoms with Crippen LogP contribution < -0.4 is 5.32 Å². The van der Waals surface area contributed by atoms with Crippen LogP contribution in [0.2, 0.25) is 0 Å². The quantitative estimate of drug-likeness (QED) is 0.723. The van der Waals surface area contributed by atoms with E-state index in [0.717, 1.165) is 67.5 Å². The maximum absolute atomic E-state index is 11.7. The van der Waals surface area contributed by atoms with Crippen molar-refractivity contribution in [3.63, 3.8) is 0 Å². The van der Waals surface area contributed by atoms with Gasteiger partial charge in [-0.3, -0.25) is 9.69 Å². The molecule has 7 nitrogen and oxygen atoms in total. The van der Waals surface area contributed by atoms with Gasteiger partial charge in [0.15, 0.2) is 0 Å². The molecule has 0 amide bonds. The number of anilines is 1. The van der Waals surface area contributed by atoms with E-state index in [0.29, 0.717) is 12.3 Å². The second-order valence-corrected chi connectivity index (χ2v) is 9.32. The lowest BCUT2D eigenvalue weighted by Gasteiger charge is -2.26. The van der Waals surface area contributed by atoms with Gasteiger partial charge >= 0.3 is 5.97 Å². The van der Waals surface area contributed by atoms with Gasteiger partial charge in [0.1, 0.15) is 16.5 Å². The molecule has 1 aliphatic carbocycles. The smallest absolute Gasteiger partial charge is 0.307 e. The molecule has 1 fully saturated rings. The van der Waals surface area contributed by atoms with E-state index in [9.17, 15) is 4.79 Å². The average Bonchev–Trinajstić information content (AvgIpc) is 3.06. The molecule has 1 saturated heterocycles. The number of ether oxygens (including phenoxy) is 2. The van der Waals surface area contributed by atoms with Gasteiger partial charge < -0.3 is 14.8 Å². The lowest BCUT2D eigenvalue weighted by atomic mass is 9.89. The first-order valence-corrected chi connectivity index (χ1v) is 11.3. The Morgan fingerprint density at radius 1 is 1.38 bits per heavy atom. The Morgan fingerprint density at radius 3 is 2.93 bits per heavy atom. The number of methoxy groups -OCH3 is 1. The predicted molar refractivity (Wildman–Crippen MR) is 114 cm³/mol. The molecule has 8 heteroatoms. The summed E-state index contributed by atoms with van der Waals surface area (Å²) < 4.78 is 10.3. The highest BCUT2D eigenvalue weighted by Crippen LogP contribution is 2.40. The van der Waals surface area contributed by atoms with Crippen molar-refractivity contribution in [2.45, 2.75) is 52.1 Å². The maximum Gasteiger partial charge on any atom is 0.307 e. The molecule has 2 aromatic heterocycles. The molecule has 4 rings (SSSR count). The van der Waals surface area contributed by atoms with Crippen molar-refractivity contribution in [1.29, 1.82) is 0 Å². The molecule has 3 heterocycles. The molecule has 0 unspecified atom stereocenters. The van der Waals surface area contributed by atoms with Gasteiger partial charge in [-0.05, 0) is 37.7 Å². The standard InChI is InChI=1S/C21H30N4O3S/c1-13-4-5-15-16(10-13)29-21-19(15)20(22-14(2)11-18(26)27-3)23-17(24-21)12-25-6-8-28-9-7-25/h13-14H,4-12H2,1-3H3,(H,22,23,24)/t13-,14-/m1/s1. The summed E-state index contributed by atoms with van der Waals surface area (Å²) in [6.07, 6.45) is 3.70. The van der Waals surface area contributed by atoms with Crippen molar-refractivity contribution in [3.8, 4) is 0 Å². The Morgan fingerprint density at radius 2 is 2.17 bits per heavy atom. The number of hydrogen-bond donors (Lipinski definition) is 1. The van der Waals surface area contributed by atoms with Gasteiger partial charge in [0, 0.05) is 24.0 Å². The molecule has 158 valence electrons. The van der Waals surface area contributed by atoms with Crippen molar-refractivity contribution in [1.82, 2.24) is 14.9 Å². The molecule has 2 atom stereocenters. The zero-order valence-electron chi connectivity index (χ0n) is 17.5. The van der Waals surface area contributed by atoms with Crippen LogP contribution >= 0.6 is 11.3 Å². The van der Waals surface area contributed by atoms with Gasteiger partial charge in [0.25, 0.3) is 0 Å². The highest BCUT2D eigenvalue weighted by molar-refractivity contribution is 7.19. The minimum atomic E-state index is -0.218. The van der Waals surface area contributed by atoms with Gasteiger partial charge in [-0.2, -0.15) is 0 Å². The number of aryl methyl sites for hydroxylation is 1. The van der Waals surface area contributed by atoms with Crippen LogP contribution in [0, 0.1) is 5.92 Å². The number of hydrogen-bond acceptors (Lipinski definition) is 8. The summed E-state index contributed by atoms with van der Waals surface area (Å²) in [5, 5.41) is 4.64. The van der Waals surface area contributed by atoms with E-state index in [2.05, 4.69) is 17.1 Å². The van der Waals surface area contributed by atoms with Gasteiger partial charge in [-0.1, -0.05) is 6.92 Å². The molecular formula is C21H30N4O3S. The molecular weight excluding hydrogens is 388 g/mol. The first-order valence-electron chi connectivity index (χ1n) is 10.5. The molecule has 0 saturated carbocycles. The lowest BCUT2D eigenvalue weighted by Crippen LogP contribution is -2.36. The van der Waals surface area contributed by atoms with Crippen LogP contribution in [0.25, 0.3) is 10.2 Å². The molecule has 29 heavy (non-hydrogen) atoms. The summed E-state index contributed by atoms with van der Waals surface area (Å²) in [5.74, 6) is 2.19. The molecule has 2 aromatic rings. The first kappa shape index (κ1) is 20.5. The number of esters is 1. The Hall–Kier alpha value is -1.77. The van der Waals surface area contributed by atoms with Crippen molar-refractivity contribution in [2.75, 3.05) is 38.7 Å². The van der Waals surface area contributed by atoms with Gasteiger partial charge in [-0.15, -0.1) is 11.3 Å². The van der Waals surface area contributed by atoms with E-state index in [1.54, 1.807) is 0 Å². The zero-order valence-corrected chi connectivity index (χ0v) is 18.3. The summed E-state index contributed by atoms with van der Waals surface area (Å²) in [6, 6.07) is -0.0603. The normalized spacial score (nSPS) is 21.0. The van der Waals surface area contributed by atoms with Gasteiger partial charge in [0.2, 0.25) is 0 Å². The van der Waals surface area contributed by atoms with E-state index < -0.39 is 0 Å². The SMILES string of the molecule is COC(=O)C[C@@H](C)Nc1nc(CN2CCOCC2)nc2sc3c(c12)CC[C@@H](C)C3. The number of carbonyl (C=O) groups excluding carboxylic acids is 1. The Balaban J connectivity index is 1.67. The number of nitrogens with one attached hydrogen (secondary N) is 1. The molecule has 1 N–H and O–H groups in total. The van der Waals surface area contributed by atoms with Crippen LogP contribution in [0.4, 0.5) is 5.82 Å². The number of aromatic nitrogens is 2. The van der Waals surface area contributed by atoms with E-state index in [4.69, 9.17) is 19.4 Å². The number of fused-ring (bicyclic) bond motifs is 3. The first-order chi connectivity index (χ1) is 14.0. The fourth-order valence-corrected chi connectivity index (χ4v) is 5.54. The molecule has 2 aliphatic rings. The van der Waals surface area contributed by atoms with E-state index >= 15 is 0 Å².